The number of hydrogen-bond acceptors (Lipinski definition) is 4. The van der Waals surface area contributed by atoms with Crippen LogP contribution in [0.1, 0.15) is 18.4 Å². The number of nitrogens with zero attached hydrogens (tertiary/aromatic N) is 3. The van der Waals surface area contributed by atoms with Crippen LogP contribution in [-0.2, 0) is 6.54 Å². The van der Waals surface area contributed by atoms with Crippen molar-refractivity contribution in [3.05, 3.63) is 54.4 Å². The lowest BCUT2D eigenvalue weighted by Gasteiger charge is -2.24. The van der Waals surface area contributed by atoms with E-state index in [1.165, 1.54) is 11.1 Å². The Morgan fingerprint density at radius 2 is 1.87 bits per heavy atom. The summed E-state index contributed by atoms with van der Waals surface area (Å²) >= 11 is 0. The zero-order chi connectivity index (χ0) is 15.5. The van der Waals surface area contributed by atoms with Crippen molar-refractivity contribution in [3.63, 3.8) is 0 Å². The Morgan fingerprint density at radius 1 is 1.09 bits per heavy atom. The van der Waals surface area contributed by atoms with Gasteiger partial charge in [0.15, 0.2) is 0 Å². The Kier molecular flexibility index (Phi) is 3.94. The van der Waals surface area contributed by atoms with Crippen molar-refractivity contribution >= 4 is 17.0 Å². The third-order valence-electron chi connectivity index (χ3n) is 4.42. The van der Waals surface area contributed by atoms with Gasteiger partial charge in [-0.15, -0.1) is 0 Å². The molecule has 1 aliphatic rings. The fourth-order valence-electron chi connectivity index (χ4n) is 3.17. The number of fused-ring (bicyclic) bond motifs is 1. The fourth-order valence-corrected chi connectivity index (χ4v) is 3.17. The van der Waals surface area contributed by atoms with Crippen LogP contribution in [-0.4, -0.2) is 33.7 Å². The molecule has 23 heavy (non-hydrogen) atoms. The van der Waals surface area contributed by atoms with Crippen LogP contribution < -0.4 is 10.6 Å². The molecule has 3 aromatic rings. The second kappa shape index (κ2) is 6.38. The number of nitrogens with one attached hydrogen (secondary N) is 2. The van der Waals surface area contributed by atoms with Gasteiger partial charge in [0.05, 0.1) is 17.6 Å². The number of benzene rings is 1. The molecule has 0 bridgehead atoms. The van der Waals surface area contributed by atoms with Crippen molar-refractivity contribution in [2.75, 3.05) is 18.4 Å². The molecule has 1 aliphatic heterocycles. The van der Waals surface area contributed by atoms with E-state index in [-0.39, 0.29) is 0 Å². The SMILES string of the molecule is c1ccc2c(c1)nc(NC1CCNCC1)n2Cc1ccncc1. The molecule has 5 nitrogen and oxygen atoms in total. The van der Waals surface area contributed by atoms with E-state index >= 15 is 0 Å². The highest BCUT2D eigenvalue weighted by molar-refractivity contribution is 5.78. The van der Waals surface area contributed by atoms with Gasteiger partial charge in [0.25, 0.3) is 0 Å². The smallest absolute Gasteiger partial charge is 0.204 e. The van der Waals surface area contributed by atoms with Crippen molar-refractivity contribution in [3.8, 4) is 0 Å². The lowest BCUT2D eigenvalue weighted by Crippen LogP contribution is -2.36. The number of aromatic nitrogens is 3. The molecule has 0 spiro atoms. The maximum atomic E-state index is 4.82. The normalized spacial score (nSPS) is 15.8. The molecule has 0 radical (unpaired) electrons. The topological polar surface area (TPSA) is 54.8 Å². The van der Waals surface area contributed by atoms with Crippen molar-refractivity contribution in [1.29, 1.82) is 0 Å². The van der Waals surface area contributed by atoms with Gasteiger partial charge in [-0.1, -0.05) is 12.1 Å². The van der Waals surface area contributed by atoms with E-state index in [0.717, 1.165) is 43.9 Å². The maximum absolute atomic E-state index is 4.82. The first kappa shape index (κ1) is 14.2. The lowest BCUT2D eigenvalue weighted by molar-refractivity contribution is 0.476. The van der Waals surface area contributed by atoms with Crippen LogP contribution in [0.2, 0.25) is 0 Å². The fraction of sp³-hybridized carbons (Fsp3) is 0.333. The Labute approximate surface area is 135 Å². The molecule has 0 amide bonds. The zero-order valence-electron chi connectivity index (χ0n) is 13.1. The maximum Gasteiger partial charge on any atom is 0.204 e. The summed E-state index contributed by atoms with van der Waals surface area (Å²) in [5.41, 5.74) is 3.44. The van der Waals surface area contributed by atoms with E-state index in [1.807, 2.05) is 18.5 Å². The van der Waals surface area contributed by atoms with Crippen molar-refractivity contribution in [1.82, 2.24) is 19.9 Å². The second-order valence-corrected chi connectivity index (χ2v) is 6.03. The minimum absolute atomic E-state index is 0.490. The standard InChI is InChI=1S/C18H21N5/c1-2-4-17-16(3-1)22-18(21-15-7-11-20-12-8-15)23(17)13-14-5-9-19-10-6-14/h1-6,9-10,15,20H,7-8,11-13H2,(H,21,22). The highest BCUT2D eigenvalue weighted by atomic mass is 15.2. The predicted molar refractivity (Wildman–Crippen MR) is 92.6 cm³/mol. The van der Waals surface area contributed by atoms with Gasteiger partial charge in [-0.2, -0.15) is 0 Å². The summed E-state index contributed by atoms with van der Waals surface area (Å²) < 4.78 is 2.27. The van der Waals surface area contributed by atoms with E-state index in [4.69, 9.17) is 4.98 Å². The summed E-state index contributed by atoms with van der Waals surface area (Å²) in [4.78, 5) is 8.92. The third-order valence-corrected chi connectivity index (χ3v) is 4.42. The van der Waals surface area contributed by atoms with E-state index in [9.17, 15) is 0 Å². The van der Waals surface area contributed by atoms with Crippen molar-refractivity contribution < 1.29 is 0 Å². The lowest BCUT2D eigenvalue weighted by atomic mass is 10.1. The van der Waals surface area contributed by atoms with Crippen LogP contribution in [0, 0.1) is 0 Å². The molecule has 0 atom stereocenters. The van der Waals surface area contributed by atoms with Crippen molar-refractivity contribution in [2.45, 2.75) is 25.4 Å². The summed E-state index contributed by atoms with van der Waals surface area (Å²) in [6, 6.07) is 12.9. The Bertz CT molecular complexity index is 774. The van der Waals surface area contributed by atoms with E-state index in [1.54, 1.807) is 0 Å². The summed E-state index contributed by atoms with van der Waals surface area (Å²) in [7, 11) is 0. The van der Waals surface area contributed by atoms with Gasteiger partial charge in [0, 0.05) is 18.4 Å². The number of anilines is 1. The molecule has 0 saturated carbocycles. The van der Waals surface area contributed by atoms with Gasteiger partial charge >= 0.3 is 0 Å². The molecule has 3 heterocycles. The van der Waals surface area contributed by atoms with E-state index < -0.39 is 0 Å². The number of para-hydroxylation sites is 2. The summed E-state index contributed by atoms with van der Waals surface area (Å²) in [5, 5.41) is 7.06. The van der Waals surface area contributed by atoms with Crippen molar-refractivity contribution in [2.24, 2.45) is 0 Å². The molecule has 5 heteroatoms. The minimum atomic E-state index is 0.490. The molecule has 2 N–H and O–H groups in total. The number of piperidine rings is 1. The molecule has 1 fully saturated rings. The second-order valence-electron chi connectivity index (χ2n) is 6.03. The molecule has 2 aromatic heterocycles. The molecule has 1 saturated heterocycles. The van der Waals surface area contributed by atoms with Crippen LogP contribution >= 0.6 is 0 Å². The van der Waals surface area contributed by atoms with E-state index in [2.05, 4.69) is 50.5 Å². The monoisotopic (exact) mass is 307 g/mol. The Morgan fingerprint density at radius 3 is 2.70 bits per heavy atom. The average Bonchev–Trinajstić information content (AvgIpc) is 2.94. The van der Waals surface area contributed by atoms with Crippen LogP contribution in [0.3, 0.4) is 0 Å². The molecular weight excluding hydrogens is 286 g/mol. The minimum Gasteiger partial charge on any atom is -0.353 e. The summed E-state index contributed by atoms with van der Waals surface area (Å²) in [6.45, 7) is 2.95. The predicted octanol–water partition coefficient (Wildman–Crippen LogP) is 2.64. The van der Waals surface area contributed by atoms with Gasteiger partial charge in [0.2, 0.25) is 5.95 Å². The molecular formula is C18H21N5. The number of rotatable bonds is 4. The quantitative estimate of drug-likeness (QED) is 0.778. The first-order valence-electron chi connectivity index (χ1n) is 8.21. The van der Waals surface area contributed by atoms with Gasteiger partial charge in [-0.05, 0) is 55.8 Å². The van der Waals surface area contributed by atoms with Gasteiger partial charge < -0.3 is 15.2 Å². The third kappa shape index (κ3) is 3.05. The number of pyridine rings is 1. The average molecular weight is 307 g/mol. The Balaban J connectivity index is 1.69. The molecule has 1 aromatic carbocycles. The van der Waals surface area contributed by atoms with Gasteiger partial charge in [0.1, 0.15) is 0 Å². The summed E-state index contributed by atoms with van der Waals surface area (Å²) in [5.74, 6) is 0.968. The highest BCUT2D eigenvalue weighted by Crippen LogP contribution is 2.22. The van der Waals surface area contributed by atoms with Crippen LogP contribution in [0.4, 0.5) is 5.95 Å². The molecule has 118 valence electrons. The highest BCUT2D eigenvalue weighted by Gasteiger charge is 2.17. The zero-order valence-corrected chi connectivity index (χ0v) is 13.1. The number of imidazole rings is 1. The van der Waals surface area contributed by atoms with Gasteiger partial charge in [-0.3, -0.25) is 4.98 Å². The molecule has 4 rings (SSSR count). The number of hydrogen-bond donors (Lipinski definition) is 2. The van der Waals surface area contributed by atoms with E-state index in [0.29, 0.717) is 6.04 Å². The Hall–Kier alpha value is -2.40. The largest absolute Gasteiger partial charge is 0.353 e. The van der Waals surface area contributed by atoms with Crippen LogP contribution in [0.25, 0.3) is 11.0 Å². The first-order chi connectivity index (χ1) is 11.4. The van der Waals surface area contributed by atoms with Crippen LogP contribution in [0.5, 0.6) is 0 Å². The first-order valence-corrected chi connectivity index (χ1v) is 8.21. The molecule has 0 unspecified atom stereocenters. The summed E-state index contributed by atoms with van der Waals surface area (Å²) in [6.07, 6.45) is 5.96. The molecule has 0 aliphatic carbocycles. The van der Waals surface area contributed by atoms with Gasteiger partial charge in [-0.25, -0.2) is 4.98 Å². The van der Waals surface area contributed by atoms with Crippen LogP contribution in [0.15, 0.2) is 48.8 Å².